The smallest absolute Gasteiger partial charge is 0.262 e. The number of hydrogen-bond acceptors (Lipinski definition) is 3. The van der Waals surface area contributed by atoms with Gasteiger partial charge in [-0.2, -0.15) is 0 Å². The van der Waals surface area contributed by atoms with E-state index in [1.165, 1.54) is 4.57 Å². The van der Waals surface area contributed by atoms with Gasteiger partial charge >= 0.3 is 0 Å². The summed E-state index contributed by atoms with van der Waals surface area (Å²) in [6.45, 7) is 0.796. The maximum atomic E-state index is 12.7. The minimum Gasteiger partial charge on any atom is -0.352 e. The van der Waals surface area contributed by atoms with E-state index in [0.717, 1.165) is 10.0 Å². The average molecular weight is 467 g/mol. The van der Waals surface area contributed by atoms with Crippen molar-refractivity contribution < 1.29 is 4.79 Å². The first-order valence-corrected chi connectivity index (χ1v) is 9.95. The molecule has 0 fully saturated rings. The number of fused-ring (bicyclic) bond motifs is 1. The fourth-order valence-electron chi connectivity index (χ4n) is 2.76. The van der Waals surface area contributed by atoms with E-state index < -0.39 is 0 Å². The number of nitrogens with zero attached hydrogens (tertiary/aromatic N) is 1. The van der Waals surface area contributed by atoms with Crippen LogP contribution in [0.1, 0.15) is 18.4 Å². The topological polar surface area (TPSA) is 66.9 Å². The van der Waals surface area contributed by atoms with Crippen LogP contribution in [-0.4, -0.2) is 15.5 Å². The molecule has 0 saturated carbocycles. The third-order valence-corrected chi connectivity index (χ3v) is 5.16. The normalized spacial score (nSPS) is 10.9. The summed E-state index contributed by atoms with van der Waals surface area (Å²) in [7, 11) is 0. The highest BCUT2D eigenvalue weighted by Gasteiger charge is 2.08. The first kappa shape index (κ1) is 19.8. The van der Waals surface area contributed by atoms with Gasteiger partial charge in [0.2, 0.25) is 5.91 Å². The summed E-state index contributed by atoms with van der Waals surface area (Å²) in [5.41, 5.74) is 1.48. The molecule has 1 amide bonds. The van der Waals surface area contributed by atoms with E-state index in [1.54, 1.807) is 12.1 Å². The van der Waals surface area contributed by atoms with Gasteiger partial charge in [-0.05, 0) is 54.5 Å². The number of halogens is 2. The lowest BCUT2D eigenvalue weighted by atomic mass is 10.2. The highest BCUT2D eigenvalue weighted by Crippen LogP contribution is 2.15. The molecule has 1 heterocycles. The third-order valence-electron chi connectivity index (χ3n) is 4.11. The number of amides is 1. The Kier molecular flexibility index (Phi) is 6.46. The molecule has 0 spiro atoms. The Hall–Kier alpha value is -1.96. The fourth-order valence-corrected chi connectivity index (χ4v) is 3.62. The van der Waals surface area contributed by atoms with Gasteiger partial charge in [0, 0.05) is 29.0 Å². The quantitative estimate of drug-likeness (QED) is 0.523. The first-order valence-electron chi connectivity index (χ1n) is 8.37. The number of nitrogens with one attached hydrogen (secondary N) is 2. The molecule has 0 bridgehead atoms. The van der Waals surface area contributed by atoms with Crippen molar-refractivity contribution in [1.82, 2.24) is 14.9 Å². The predicted molar refractivity (Wildman–Crippen MR) is 114 cm³/mol. The van der Waals surface area contributed by atoms with Gasteiger partial charge in [0.25, 0.3) is 5.56 Å². The standard InChI is InChI=1S/C19H17BrClN3O2S/c20-13-6-7-16-15(10-13)18(26)24(19(27)23-16)8-2-5-17(25)22-11-12-3-1-4-14(21)9-12/h1,3-4,6-7,9-10H,2,5,8,11H2,(H,22,25)(H,23,27). The Balaban J connectivity index is 1.61. The van der Waals surface area contributed by atoms with Crippen molar-refractivity contribution in [3.05, 3.63) is 72.6 Å². The Morgan fingerprint density at radius 3 is 2.85 bits per heavy atom. The molecule has 0 aliphatic carbocycles. The molecule has 8 heteroatoms. The Labute approximate surface area is 174 Å². The highest BCUT2D eigenvalue weighted by atomic mass is 79.9. The summed E-state index contributed by atoms with van der Waals surface area (Å²) in [6.07, 6.45) is 0.816. The summed E-state index contributed by atoms with van der Waals surface area (Å²) in [4.78, 5) is 27.8. The molecule has 5 nitrogen and oxygen atoms in total. The number of aromatic nitrogens is 2. The number of carbonyl (C=O) groups excluding carboxylic acids is 1. The number of H-pyrrole nitrogens is 1. The summed E-state index contributed by atoms with van der Waals surface area (Å²) >= 11 is 14.6. The second-order valence-electron chi connectivity index (χ2n) is 6.09. The first-order chi connectivity index (χ1) is 12.9. The van der Waals surface area contributed by atoms with Gasteiger partial charge in [-0.15, -0.1) is 0 Å². The van der Waals surface area contributed by atoms with E-state index in [1.807, 2.05) is 30.3 Å². The summed E-state index contributed by atoms with van der Waals surface area (Å²) in [5, 5.41) is 4.05. The van der Waals surface area contributed by atoms with E-state index in [9.17, 15) is 9.59 Å². The highest BCUT2D eigenvalue weighted by molar-refractivity contribution is 9.10. The fraction of sp³-hybridized carbons (Fsp3) is 0.211. The van der Waals surface area contributed by atoms with Gasteiger partial charge < -0.3 is 10.3 Å². The molecule has 27 heavy (non-hydrogen) atoms. The molecular formula is C19H17BrClN3O2S. The van der Waals surface area contributed by atoms with E-state index in [-0.39, 0.29) is 11.5 Å². The van der Waals surface area contributed by atoms with Crippen molar-refractivity contribution in [3.8, 4) is 0 Å². The summed E-state index contributed by atoms with van der Waals surface area (Å²) in [5.74, 6) is -0.0820. The number of benzene rings is 2. The van der Waals surface area contributed by atoms with Gasteiger partial charge in [0.1, 0.15) is 0 Å². The Morgan fingerprint density at radius 2 is 2.07 bits per heavy atom. The second-order valence-corrected chi connectivity index (χ2v) is 7.83. The molecule has 0 aliphatic rings. The van der Waals surface area contributed by atoms with Crippen LogP contribution in [0.2, 0.25) is 5.02 Å². The molecule has 140 valence electrons. The van der Waals surface area contributed by atoms with Crippen LogP contribution >= 0.6 is 39.7 Å². The maximum Gasteiger partial charge on any atom is 0.262 e. The minimum atomic E-state index is -0.158. The molecule has 0 radical (unpaired) electrons. The van der Waals surface area contributed by atoms with Crippen molar-refractivity contribution in [2.75, 3.05) is 0 Å². The molecular weight excluding hydrogens is 450 g/mol. The van der Waals surface area contributed by atoms with Gasteiger partial charge in [0.15, 0.2) is 4.77 Å². The van der Waals surface area contributed by atoms with E-state index in [0.29, 0.717) is 46.6 Å². The van der Waals surface area contributed by atoms with Crippen LogP contribution in [0.25, 0.3) is 10.9 Å². The SMILES string of the molecule is O=C(CCCn1c(=S)[nH]c2ccc(Br)cc2c1=O)NCc1cccc(Cl)c1. The van der Waals surface area contributed by atoms with Crippen LogP contribution in [0.15, 0.2) is 51.7 Å². The molecule has 1 aromatic heterocycles. The van der Waals surface area contributed by atoms with Gasteiger partial charge in [-0.25, -0.2) is 0 Å². The van der Waals surface area contributed by atoms with E-state index >= 15 is 0 Å². The molecule has 2 N–H and O–H groups in total. The van der Waals surface area contributed by atoms with Crippen molar-refractivity contribution >= 4 is 56.6 Å². The molecule has 0 atom stereocenters. The largest absolute Gasteiger partial charge is 0.352 e. The molecule has 0 aliphatic heterocycles. The van der Waals surface area contributed by atoms with Gasteiger partial charge in [-0.1, -0.05) is 39.7 Å². The van der Waals surface area contributed by atoms with Crippen LogP contribution in [0.5, 0.6) is 0 Å². The lowest BCUT2D eigenvalue weighted by Gasteiger charge is -2.09. The Bertz CT molecular complexity index is 1110. The van der Waals surface area contributed by atoms with Crippen molar-refractivity contribution in [3.63, 3.8) is 0 Å². The lowest BCUT2D eigenvalue weighted by Crippen LogP contribution is -2.25. The van der Waals surface area contributed by atoms with Crippen molar-refractivity contribution in [2.45, 2.75) is 25.9 Å². The zero-order valence-corrected chi connectivity index (χ0v) is 17.5. The van der Waals surface area contributed by atoms with Crippen LogP contribution in [0, 0.1) is 4.77 Å². The number of hydrogen-bond donors (Lipinski definition) is 2. The monoisotopic (exact) mass is 465 g/mol. The zero-order valence-electron chi connectivity index (χ0n) is 14.3. The number of rotatable bonds is 6. The van der Waals surface area contributed by atoms with E-state index in [4.69, 9.17) is 23.8 Å². The molecule has 0 unspecified atom stereocenters. The maximum absolute atomic E-state index is 12.7. The van der Waals surface area contributed by atoms with Crippen molar-refractivity contribution in [2.24, 2.45) is 0 Å². The predicted octanol–water partition coefficient (Wildman–Crippen LogP) is 4.57. The van der Waals surface area contributed by atoms with Crippen LogP contribution in [0.3, 0.4) is 0 Å². The summed E-state index contributed by atoms with van der Waals surface area (Å²) in [6, 6.07) is 12.8. The molecule has 3 rings (SSSR count). The van der Waals surface area contributed by atoms with Crippen molar-refractivity contribution in [1.29, 1.82) is 0 Å². The third kappa shape index (κ3) is 5.06. The molecule has 3 aromatic rings. The number of aromatic amines is 1. The minimum absolute atomic E-state index is 0.0820. The average Bonchev–Trinajstić information content (AvgIpc) is 2.63. The molecule has 2 aromatic carbocycles. The van der Waals surface area contributed by atoms with Gasteiger partial charge in [-0.3, -0.25) is 14.2 Å². The summed E-state index contributed by atoms with van der Waals surface area (Å²) < 4.78 is 2.67. The van der Waals surface area contributed by atoms with Crippen LogP contribution in [0.4, 0.5) is 0 Å². The van der Waals surface area contributed by atoms with E-state index in [2.05, 4.69) is 26.2 Å². The zero-order chi connectivity index (χ0) is 19.4. The second kappa shape index (κ2) is 8.82. The van der Waals surface area contributed by atoms with Crippen LogP contribution < -0.4 is 10.9 Å². The molecule has 0 saturated heterocycles. The number of carbonyl (C=O) groups is 1. The van der Waals surface area contributed by atoms with Crippen LogP contribution in [-0.2, 0) is 17.9 Å². The Morgan fingerprint density at radius 1 is 1.26 bits per heavy atom. The van der Waals surface area contributed by atoms with Gasteiger partial charge in [0.05, 0.1) is 10.9 Å². The lowest BCUT2D eigenvalue weighted by molar-refractivity contribution is -0.121.